The van der Waals surface area contributed by atoms with Crippen LogP contribution in [0.1, 0.15) is 57.1 Å². The highest BCUT2D eigenvalue weighted by atomic mass is 32.2. The van der Waals surface area contributed by atoms with Gasteiger partial charge in [-0.3, -0.25) is 14.2 Å². The number of aryl methyl sites for hydroxylation is 2. The van der Waals surface area contributed by atoms with Crippen LogP contribution in [0, 0.1) is 18.3 Å². The van der Waals surface area contributed by atoms with E-state index in [0.29, 0.717) is 23.1 Å². The molecule has 3 aromatic rings. The van der Waals surface area contributed by atoms with Gasteiger partial charge in [0.15, 0.2) is 5.82 Å². The Labute approximate surface area is 230 Å². The highest BCUT2D eigenvalue weighted by Gasteiger charge is 2.48. The molecule has 9 nitrogen and oxygen atoms in total. The zero-order valence-corrected chi connectivity index (χ0v) is 23.9. The van der Waals surface area contributed by atoms with Crippen molar-refractivity contribution in [3.05, 3.63) is 41.9 Å². The summed E-state index contributed by atoms with van der Waals surface area (Å²) in [7, 11) is 1.82. The van der Waals surface area contributed by atoms with Crippen LogP contribution in [-0.4, -0.2) is 55.3 Å². The lowest BCUT2D eigenvalue weighted by atomic mass is 9.94. The number of hydrogen-bond donors (Lipinski definition) is 1. The molecule has 1 fully saturated rings. The standard InChI is InChI=1S/C26H34F3N7O2S/c1-16-12-25(5,6)35(13-16)22-18(23(37)33-39-19-14-34(7)31-17(19)2)8-9-20(30-22)36-11-10-21(32-36)38-15-24(3,4)26(27,28)29/h8-11,14,16H,12-13,15H2,1-7H3,(H,33,37). The van der Waals surface area contributed by atoms with Gasteiger partial charge in [-0.15, -0.1) is 5.10 Å². The van der Waals surface area contributed by atoms with Crippen molar-refractivity contribution in [2.24, 2.45) is 18.4 Å². The van der Waals surface area contributed by atoms with Crippen molar-refractivity contribution < 1.29 is 22.7 Å². The summed E-state index contributed by atoms with van der Waals surface area (Å²) in [5.41, 5.74) is -1.05. The molecule has 212 valence electrons. The smallest absolute Gasteiger partial charge is 0.397 e. The number of anilines is 1. The first-order chi connectivity index (χ1) is 18.1. The predicted molar refractivity (Wildman–Crippen MR) is 143 cm³/mol. The number of amides is 1. The number of carbonyl (C=O) groups is 1. The van der Waals surface area contributed by atoms with Gasteiger partial charge in [0.05, 0.1) is 21.6 Å². The average molecular weight is 566 g/mol. The molecule has 0 bridgehead atoms. The molecule has 0 radical (unpaired) electrons. The first-order valence-corrected chi connectivity index (χ1v) is 13.4. The van der Waals surface area contributed by atoms with E-state index in [2.05, 4.69) is 40.6 Å². The molecule has 1 atom stereocenters. The minimum Gasteiger partial charge on any atom is -0.476 e. The fraction of sp³-hybridized carbons (Fsp3) is 0.538. The number of aromatic nitrogens is 5. The summed E-state index contributed by atoms with van der Waals surface area (Å²) in [5.74, 6) is 1.08. The van der Waals surface area contributed by atoms with Gasteiger partial charge in [-0.05, 0) is 71.0 Å². The van der Waals surface area contributed by atoms with E-state index in [0.717, 1.165) is 37.4 Å². The van der Waals surface area contributed by atoms with Crippen molar-refractivity contribution in [2.75, 3.05) is 18.1 Å². The van der Waals surface area contributed by atoms with E-state index in [4.69, 9.17) is 9.72 Å². The molecule has 0 saturated carbocycles. The maximum absolute atomic E-state index is 13.4. The van der Waals surface area contributed by atoms with Gasteiger partial charge < -0.3 is 9.64 Å². The molecule has 1 aliphatic heterocycles. The Balaban J connectivity index is 1.61. The van der Waals surface area contributed by atoms with Crippen LogP contribution in [0.3, 0.4) is 0 Å². The molecular weight excluding hydrogens is 531 g/mol. The van der Waals surface area contributed by atoms with Crippen LogP contribution in [0.2, 0.25) is 0 Å². The topological polar surface area (TPSA) is 90.1 Å². The highest BCUT2D eigenvalue weighted by Crippen LogP contribution is 2.39. The number of alkyl halides is 3. The maximum atomic E-state index is 13.4. The van der Waals surface area contributed by atoms with Gasteiger partial charge in [0.1, 0.15) is 12.4 Å². The molecule has 0 aliphatic carbocycles. The monoisotopic (exact) mass is 565 g/mol. The summed E-state index contributed by atoms with van der Waals surface area (Å²) < 4.78 is 51.0. The number of carbonyl (C=O) groups excluding carboxylic acids is 1. The van der Waals surface area contributed by atoms with Crippen LogP contribution in [0.25, 0.3) is 5.82 Å². The van der Waals surface area contributed by atoms with Gasteiger partial charge >= 0.3 is 6.18 Å². The number of nitrogens with zero attached hydrogens (tertiary/aromatic N) is 6. The minimum atomic E-state index is -4.41. The molecule has 4 rings (SSSR count). The van der Waals surface area contributed by atoms with Crippen molar-refractivity contribution >= 4 is 23.7 Å². The van der Waals surface area contributed by atoms with Gasteiger partial charge in [0.25, 0.3) is 5.91 Å². The molecule has 4 heterocycles. The number of hydrogen-bond acceptors (Lipinski definition) is 7. The number of pyridine rings is 1. The second-order valence-corrected chi connectivity index (χ2v) is 12.2. The van der Waals surface area contributed by atoms with E-state index in [-0.39, 0.29) is 17.3 Å². The van der Waals surface area contributed by atoms with Crippen LogP contribution >= 0.6 is 11.9 Å². The van der Waals surface area contributed by atoms with E-state index in [1.54, 1.807) is 23.0 Å². The Morgan fingerprint density at radius 2 is 1.95 bits per heavy atom. The zero-order valence-electron chi connectivity index (χ0n) is 23.1. The summed E-state index contributed by atoms with van der Waals surface area (Å²) >= 11 is 1.19. The lowest BCUT2D eigenvalue weighted by Gasteiger charge is -2.34. The molecule has 0 aromatic carbocycles. The Bertz CT molecular complexity index is 1350. The van der Waals surface area contributed by atoms with Crippen molar-refractivity contribution in [3.63, 3.8) is 0 Å². The molecule has 39 heavy (non-hydrogen) atoms. The molecule has 1 unspecified atom stereocenters. The first-order valence-electron chi connectivity index (χ1n) is 12.6. The van der Waals surface area contributed by atoms with Crippen molar-refractivity contribution in [1.82, 2.24) is 29.3 Å². The van der Waals surface area contributed by atoms with E-state index >= 15 is 0 Å². The summed E-state index contributed by atoms with van der Waals surface area (Å²) in [5, 5.41) is 8.58. The van der Waals surface area contributed by atoms with E-state index in [1.807, 2.05) is 20.2 Å². The largest absolute Gasteiger partial charge is 0.476 e. The molecule has 0 spiro atoms. The number of halogens is 3. The quantitative estimate of drug-likeness (QED) is 0.369. The normalized spacial score (nSPS) is 17.5. The second-order valence-electron chi connectivity index (χ2n) is 11.3. The zero-order chi connectivity index (χ0) is 28.8. The van der Waals surface area contributed by atoms with Gasteiger partial charge in [-0.2, -0.15) is 18.3 Å². The third-order valence-corrected chi connectivity index (χ3v) is 7.71. The maximum Gasteiger partial charge on any atom is 0.397 e. The molecule has 1 amide bonds. The Kier molecular flexibility index (Phi) is 7.67. The van der Waals surface area contributed by atoms with Gasteiger partial charge in [0, 0.05) is 37.6 Å². The Morgan fingerprint density at radius 3 is 2.54 bits per heavy atom. The lowest BCUT2D eigenvalue weighted by molar-refractivity contribution is -0.219. The second kappa shape index (κ2) is 10.4. The Morgan fingerprint density at radius 1 is 1.23 bits per heavy atom. The molecule has 13 heteroatoms. The molecule has 1 N–H and O–H groups in total. The lowest BCUT2D eigenvalue weighted by Crippen LogP contribution is -2.40. The van der Waals surface area contributed by atoms with Crippen LogP contribution in [0.5, 0.6) is 5.88 Å². The first kappa shape index (κ1) is 28.8. The van der Waals surface area contributed by atoms with Gasteiger partial charge in [-0.25, -0.2) is 9.67 Å². The Hall–Kier alpha value is -3.22. The third kappa shape index (κ3) is 6.18. The SMILES string of the molecule is Cc1nn(C)cc1SNC(=O)c1ccc(-n2ccc(OCC(C)(C)C(F)(F)F)n2)nc1N1CC(C)CC1(C)C. The van der Waals surface area contributed by atoms with E-state index < -0.39 is 18.2 Å². The molecule has 1 aliphatic rings. The van der Waals surface area contributed by atoms with Crippen LogP contribution in [0.4, 0.5) is 19.0 Å². The summed E-state index contributed by atoms with van der Waals surface area (Å²) in [6.45, 7) is 10.6. The number of rotatable bonds is 8. The van der Waals surface area contributed by atoms with Crippen molar-refractivity contribution in [3.8, 4) is 11.7 Å². The van der Waals surface area contributed by atoms with Crippen molar-refractivity contribution in [2.45, 2.75) is 64.6 Å². The van der Waals surface area contributed by atoms with E-state index in [9.17, 15) is 18.0 Å². The van der Waals surface area contributed by atoms with Gasteiger partial charge in [-0.1, -0.05) is 6.92 Å². The summed E-state index contributed by atoms with van der Waals surface area (Å²) in [6, 6.07) is 4.84. The number of ether oxygens (including phenoxy) is 1. The van der Waals surface area contributed by atoms with Gasteiger partial charge in [0.2, 0.25) is 5.88 Å². The predicted octanol–water partition coefficient (Wildman–Crippen LogP) is 5.34. The summed E-state index contributed by atoms with van der Waals surface area (Å²) in [6.07, 6.45) is -0.0734. The average Bonchev–Trinajstić information content (AvgIpc) is 3.51. The number of nitrogens with one attached hydrogen (secondary N) is 1. The van der Waals surface area contributed by atoms with Crippen LogP contribution in [-0.2, 0) is 7.05 Å². The summed E-state index contributed by atoms with van der Waals surface area (Å²) in [4.78, 5) is 21.1. The van der Waals surface area contributed by atoms with E-state index in [1.165, 1.54) is 22.7 Å². The van der Waals surface area contributed by atoms with Crippen LogP contribution in [0.15, 0.2) is 35.5 Å². The molecule has 1 saturated heterocycles. The fourth-order valence-electron chi connectivity index (χ4n) is 4.59. The highest BCUT2D eigenvalue weighted by molar-refractivity contribution is 7.98. The molecular formula is C26H34F3N7O2S. The fourth-order valence-corrected chi connectivity index (χ4v) is 5.30. The van der Waals surface area contributed by atoms with Crippen LogP contribution < -0.4 is 14.4 Å². The molecule has 3 aromatic heterocycles. The minimum absolute atomic E-state index is 0.0517. The third-order valence-electron chi connectivity index (χ3n) is 6.80. The van der Waals surface area contributed by atoms with Crippen molar-refractivity contribution in [1.29, 1.82) is 0 Å².